The summed E-state index contributed by atoms with van der Waals surface area (Å²) in [7, 11) is 1.48. The number of ether oxygens (including phenoxy) is 1. The Kier molecular flexibility index (Phi) is 3.07. The van der Waals surface area contributed by atoms with Gasteiger partial charge < -0.3 is 9.84 Å². The van der Waals surface area contributed by atoms with Crippen LogP contribution in [-0.2, 0) is 0 Å². The highest BCUT2D eigenvalue weighted by atomic mass is 32.1. The Balaban J connectivity index is 2.41. The number of aryl methyl sites for hydroxylation is 1. The third-order valence-corrected chi connectivity index (χ3v) is 2.96. The number of hydrogen-bond acceptors (Lipinski definition) is 7. The van der Waals surface area contributed by atoms with Gasteiger partial charge in [-0.15, -0.1) is 5.10 Å². The van der Waals surface area contributed by atoms with Crippen molar-refractivity contribution < 1.29 is 9.84 Å². The Morgan fingerprint density at radius 3 is 2.75 bits per heavy atom. The summed E-state index contributed by atoms with van der Waals surface area (Å²) in [5.41, 5.74) is 1.06. The summed E-state index contributed by atoms with van der Waals surface area (Å²) < 4.78 is 8.80. The van der Waals surface area contributed by atoms with Crippen LogP contribution < -0.4 is 4.74 Å². The predicted octanol–water partition coefficient (Wildman–Crippen LogP) is 0.727. The first-order valence-corrected chi connectivity index (χ1v) is 5.33. The molecule has 0 saturated heterocycles. The van der Waals surface area contributed by atoms with Crippen LogP contribution in [0, 0.1) is 6.92 Å². The van der Waals surface area contributed by atoms with Gasteiger partial charge in [0.2, 0.25) is 5.88 Å². The number of nitrogens with zero attached hydrogens (tertiary/aromatic N) is 4. The van der Waals surface area contributed by atoms with Crippen molar-refractivity contribution in [3.05, 3.63) is 28.7 Å². The fraction of sp³-hybridized carbons (Fsp3) is 0.333. The molecule has 1 atom stereocenters. The maximum atomic E-state index is 10.1. The molecule has 0 bridgehead atoms. The minimum atomic E-state index is -0.899. The van der Waals surface area contributed by atoms with Crippen LogP contribution in [0.1, 0.15) is 22.4 Å². The number of rotatable bonds is 3. The molecule has 2 rings (SSSR count). The van der Waals surface area contributed by atoms with Gasteiger partial charge in [-0.3, -0.25) is 4.98 Å². The van der Waals surface area contributed by atoms with Crippen LogP contribution in [0.15, 0.2) is 12.4 Å². The van der Waals surface area contributed by atoms with Gasteiger partial charge in [-0.05, 0) is 18.5 Å². The molecule has 1 unspecified atom stereocenters. The van der Waals surface area contributed by atoms with Crippen LogP contribution in [-0.4, -0.2) is 31.8 Å². The average Bonchev–Trinajstić information content (AvgIpc) is 2.74. The first kappa shape index (κ1) is 10.9. The van der Waals surface area contributed by atoms with E-state index in [2.05, 4.69) is 19.6 Å². The molecule has 2 aromatic rings. The summed E-state index contributed by atoms with van der Waals surface area (Å²) in [5, 5.41) is 14.0. The van der Waals surface area contributed by atoms with Gasteiger partial charge in [0.05, 0.1) is 17.7 Å². The van der Waals surface area contributed by atoms with E-state index in [0.717, 1.165) is 11.5 Å². The first-order chi connectivity index (χ1) is 7.74. The van der Waals surface area contributed by atoms with Gasteiger partial charge in [0.15, 0.2) is 0 Å². The molecule has 1 N–H and O–H groups in total. The van der Waals surface area contributed by atoms with E-state index < -0.39 is 6.10 Å². The molecule has 0 aromatic carbocycles. The largest absolute Gasteiger partial charge is 0.480 e. The zero-order chi connectivity index (χ0) is 11.5. The lowest BCUT2D eigenvalue weighted by Crippen LogP contribution is -2.05. The molecule has 0 radical (unpaired) electrons. The molecule has 0 aliphatic carbocycles. The zero-order valence-electron chi connectivity index (χ0n) is 8.78. The molecular weight excluding hydrogens is 228 g/mol. The number of methoxy groups -OCH3 is 1. The van der Waals surface area contributed by atoms with E-state index in [1.165, 1.54) is 19.5 Å². The minimum Gasteiger partial charge on any atom is -0.480 e. The van der Waals surface area contributed by atoms with Crippen LogP contribution in [0.5, 0.6) is 5.88 Å². The third-order valence-electron chi connectivity index (χ3n) is 2.08. The molecule has 0 fully saturated rings. The van der Waals surface area contributed by atoms with Crippen LogP contribution >= 0.6 is 11.5 Å². The highest BCUT2D eigenvalue weighted by Gasteiger charge is 2.22. The molecular formula is C9H10N4O2S. The quantitative estimate of drug-likeness (QED) is 0.848. The Labute approximate surface area is 96.1 Å². The molecule has 0 saturated carbocycles. The van der Waals surface area contributed by atoms with Gasteiger partial charge in [0.25, 0.3) is 0 Å². The van der Waals surface area contributed by atoms with Crippen molar-refractivity contribution in [3.8, 4) is 5.88 Å². The summed E-state index contributed by atoms with van der Waals surface area (Å²) in [6, 6.07) is 0. The molecule has 0 amide bonds. The van der Waals surface area contributed by atoms with Gasteiger partial charge in [0.1, 0.15) is 11.8 Å². The van der Waals surface area contributed by atoms with Crippen molar-refractivity contribution in [1.29, 1.82) is 0 Å². The molecule has 84 valence electrons. The lowest BCUT2D eigenvalue weighted by molar-refractivity contribution is 0.210. The Bertz CT molecular complexity index is 488. The summed E-state index contributed by atoms with van der Waals surface area (Å²) >= 11 is 1.14. The van der Waals surface area contributed by atoms with Crippen LogP contribution in [0.25, 0.3) is 0 Å². The monoisotopic (exact) mass is 238 g/mol. The van der Waals surface area contributed by atoms with E-state index in [1.54, 1.807) is 6.92 Å². The maximum absolute atomic E-state index is 10.1. The Hall–Kier alpha value is -1.60. The molecule has 6 nitrogen and oxygen atoms in total. The maximum Gasteiger partial charge on any atom is 0.238 e. The average molecular weight is 238 g/mol. The summed E-state index contributed by atoms with van der Waals surface area (Å²) in [6.45, 7) is 1.78. The normalized spacial score (nSPS) is 12.4. The standard InChI is InChI=1S/C9H10N4O2S/c1-5-8(16-13-12-5)7(14)6-9(15-2)11-4-3-10-6/h3-4,7,14H,1-2H3. The summed E-state index contributed by atoms with van der Waals surface area (Å²) in [5.74, 6) is 0.308. The SMILES string of the molecule is COc1nccnc1C(O)c1snnc1C. The van der Waals surface area contributed by atoms with E-state index in [-0.39, 0.29) is 0 Å². The molecule has 2 heterocycles. The Morgan fingerprint density at radius 1 is 1.38 bits per heavy atom. The zero-order valence-corrected chi connectivity index (χ0v) is 9.60. The summed E-state index contributed by atoms with van der Waals surface area (Å²) in [4.78, 5) is 8.69. The third kappa shape index (κ3) is 1.86. The van der Waals surface area contributed by atoms with E-state index in [1.807, 2.05) is 0 Å². The molecule has 0 spiro atoms. The van der Waals surface area contributed by atoms with E-state index in [4.69, 9.17) is 4.74 Å². The molecule has 16 heavy (non-hydrogen) atoms. The fourth-order valence-corrected chi connectivity index (χ4v) is 1.93. The van der Waals surface area contributed by atoms with Crippen molar-refractivity contribution in [3.63, 3.8) is 0 Å². The van der Waals surface area contributed by atoms with Gasteiger partial charge in [0, 0.05) is 12.4 Å². The second-order valence-electron chi connectivity index (χ2n) is 3.08. The van der Waals surface area contributed by atoms with Gasteiger partial charge in [-0.1, -0.05) is 4.49 Å². The lowest BCUT2D eigenvalue weighted by atomic mass is 10.2. The van der Waals surface area contributed by atoms with E-state index in [9.17, 15) is 5.11 Å². The molecule has 7 heteroatoms. The van der Waals surface area contributed by atoms with Crippen molar-refractivity contribution >= 4 is 11.5 Å². The van der Waals surface area contributed by atoms with Crippen LogP contribution in [0.3, 0.4) is 0 Å². The van der Waals surface area contributed by atoms with Crippen molar-refractivity contribution in [2.24, 2.45) is 0 Å². The topological polar surface area (TPSA) is 81.0 Å². The second kappa shape index (κ2) is 4.50. The molecule has 0 aliphatic heterocycles. The second-order valence-corrected chi connectivity index (χ2v) is 3.86. The molecule has 0 aliphatic rings. The highest BCUT2D eigenvalue weighted by Crippen LogP contribution is 2.29. The predicted molar refractivity (Wildman–Crippen MR) is 57.3 cm³/mol. The van der Waals surface area contributed by atoms with Crippen LogP contribution in [0.4, 0.5) is 0 Å². The molecule has 2 aromatic heterocycles. The van der Waals surface area contributed by atoms with E-state index in [0.29, 0.717) is 22.1 Å². The lowest BCUT2D eigenvalue weighted by Gasteiger charge is -2.10. The fourth-order valence-electron chi connectivity index (χ4n) is 1.29. The minimum absolute atomic E-state index is 0.308. The number of aliphatic hydroxyl groups excluding tert-OH is 1. The van der Waals surface area contributed by atoms with Crippen molar-refractivity contribution in [2.45, 2.75) is 13.0 Å². The van der Waals surface area contributed by atoms with Crippen LogP contribution in [0.2, 0.25) is 0 Å². The van der Waals surface area contributed by atoms with Crippen molar-refractivity contribution in [2.75, 3.05) is 7.11 Å². The summed E-state index contributed by atoms with van der Waals surface area (Å²) in [6.07, 6.45) is 2.11. The van der Waals surface area contributed by atoms with E-state index >= 15 is 0 Å². The Morgan fingerprint density at radius 2 is 2.12 bits per heavy atom. The highest BCUT2D eigenvalue weighted by molar-refractivity contribution is 7.05. The number of aliphatic hydroxyl groups is 1. The van der Waals surface area contributed by atoms with Gasteiger partial charge >= 0.3 is 0 Å². The smallest absolute Gasteiger partial charge is 0.238 e. The van der Waals surface area contributed by atoms with Crippen molar-refractivity contribution in [1.82, 2.24) is 19.6 Å². The van der Waals surface area contributed by atoms with Gasteiger partial charge in [-0.25, -0.2) is 4.98 Å². The number of hydrogen-bond donors (Lipinski definition) is 1. The first-order valence-electron chi connectivity index (χ1n) is 4.56. The number of aromatic nitrogens is 4. The van der Waals surface area contributed by atoms with Gasteiger partial charge in [-0.2, -0.15) is 0 Å².